The van der Waals surface area contributed by atoms with Crippen molar-refractivity contribution < 1.29 is 0 Å². The highest BCUT2D eigenvalue weighted by Gasteiger charge is 2.12. The summed E-state index contributed by atoms with van der Waals surface area (Å²) in [5.74, 6) is 0.601. The number of allylic oxidation sites excluding steroid dienone is 4. The zero-order chi connectivity index (χ0) is 9.97. The molecule has 0 radical (unpaired) electrons. The Hall–Kier alpha value is -1.31. The van der Waals surface area contributed by atoms with Gasteiger partial charge in [-0.3, -0.25) is 4.68 Å². The molecule has 0 fully saturated rings. The van der Waals surface area contributed by atoms with Gasteiger partial charge in [0.1, 0.15) is 0 Å². The molecule has 2 nitrogen and oxygen atoms in total. The fourth-order valence-corrected chi connectivity index (χ4v) is 1.74. The summed E-state index contributed by atoms with van der Waals surface area (Å²) in [5.41, 5.74) is 1.41. The molecule has 1 atom stereocenters. The van der Waals surface area contributed by atoms with Crippen molar-refractivity contribution in [3.8, 4) is 0 Å². The van der Waals surface area contributed by atoms with Crippen molar-refractivity contribution in [3.05, 3.63) is 42.3 Å². The number of hydrogen-bond acceptors (Lipinski definition) is 1. The van der Waals surface area contributed by atoms with Crippen molar-refractivity contribution in [2.75, 3.05) is 0 Å². The SMILES string of the molecule is CC(C)C1=CC(n2cccn2)CC=C1. The van der Waals surface area contributed by atoms with Gasteiger partial charge in [-0.05, 0) is 24.0 Å². The lowest BCUT2D eigenvalue weighted by molar-refractivity contribution is 0.532. The third kappa shape index (κ3) is 1.79. The summed E-state index contributed by atoms with van der Waals surface area (Å²) >= 11 is 0. The molecule has 0 bridgehead atoms. The van der Waals surface area contributed by atoms with Gasteiger partial charge in [-0.2, -0.15) is 5.10 Å². The van der Waals surface area contributed by atoms with Crippen LogP contribution < -0.4 is 0 Å². The third-order valence-corrected chi connectivity index (χ3v) is 2.60. The minimum Gasteiger partial charge on any atom is -0.266 e. The van der Waals surface area contributed by atoms with Gasteiger partial charge in [0.2, 0.25) is 0 Å². The summed E-state index contributed by atoms with van der Waals surface area (Å²) in [6.45, 7) is 4.45. The lowest BCUT2D eigenvalue weighted by Crippen LogP contribution is -2.10. The Morgan fingerprint density at radius 2 is 2.36 bits per heavy atom. The smallest absolute Gasteiger partial charge is 0.0739 e. The zero-order valence-electron chi connectivity index (χ0n) is 8.72. The van der Waals surface area contributed by atoms with Crippen molar-refractivity contribution in [1.82, 2.24) is 9.78 Å². The van der Waals surface area contributed by atoms with Crippen molar-refractivity contribution in [3.63, 3.8) is 0 Å². The van der Waals surface area contributed by atoms with Crippen molar-refractivity contribution in [1.29, 1.82) is 0 Å². The molecule has 2 heteroatoms. The van der Waals surface area contributed by atoms with Gasteiger partial charge in [-0.15, -0.1) is 0 Å². The van der Waals surface area contributed by atoms with Crippen LogP contribution >= 0.6 is 0 Å². The second-order valence-electron chi connectivity index (χ2n) is 4.01. The second-order valence-corrected chi connectivity index (χ2v) is 4.01. The molecular formula is C12H16N2. The molecule has 0 N–H and O–H groups in total. The first-order valence-electron chi connectivity index (χ1n) is 5.15. The van der Waals surface area contributed by atoms with Crippen LogP contribution in [0.15, 0.2) is 42.3 Å². The average Bonchev–Trinajstić information content (AvgIpc) is 2.71. The highest BCUT2D eigenvalue weighted by atomic mass is 15.3. The van der Waals surface area contributed by atoms with E-state index in [0.717, 1.165) is 6.42 Å². The van der Waals surface area contributed by atoms with E-state index in [1.54, 1.807) is 0 Å². The lowest BCUT2D eigenvalue weighted by Gasteiger charge is -2.19. The molecule has 0 aromatic carbocycles. The Bertz CT molecular complexity index is 344. The first-order valence-corrected chi connectivity index (χ1v) is 5.15. The fourth-order valence-electron chi connectivity index (χ4n) is 1.74. The molecular weight excluding hydrogens is 172 g/mol. The highest BCUT2D eigenvalue weighted by Crippen LogP contribution is 2.24. The monoisotopic (exact) mass is 188 g/mol. The highest BCUT2D eigenvalue weighted by molar-refractivity contribution is 5.26. The van der Waals surface area contributed by atoms with Crippen LogP contribution in [0.25, 0.3) is 0 Å². The fraction of sp³-hybridized carbons (Fsp3) is 0.417. The summed E-state index contributed by atoms with van der Waals surface area (Å²) in [5, 5.41) is 4.27. The van der Waals surface area contributed by atoms with E-state index in [0.29, 0.717) is 12.0 Å². The summed E-state index contributed by atoms with van der Waals surface area (Å²) in [4.78, 5) is 0. The summed E-state index contributed by atoms with van der Waals surface area (Å²) in [6, 6.07) is 2.38. The van der Waals surface area contributed by atoms with Gasteiger partial charge in [-0.1, -0.05) is 32.1 Å². The quantitative estimate of drug-likeness (QED) is 0.697. The van der Waals surface area contributed by atoms with E-state index in [2.05, 4.69) is 37.2 Å². The third-order valence-electron chi connectivity index (χ3n) is 2.60. The topological polar surface area (TPSA) is 17.8 Å². The Balaban J connectivity index is 2.21. The standard InChI is InChI=1S/C12H16N2/c1-10(2)11-5-3-6-12(9-11)14-8-4-7-13-14/h3-5,7-10,12H,6H2,1-2H3. The molecule has 0 amide bonds. The molecule has 0 saturated heterocycles. The van der Waals surface area contributed by atoms with E-state index in [-0.39, 0.29) is 0 Å². The molecule has 0 aliphatic heterocycles. The van der Waals surface area contributed by atoms with Gasteiger partial charge in [0, 0.05) is 12.4 Å². The first kappa shape index (κ1) is 9.25. The van der Waals surface area contributed by atoms with Crippen LogP contribution in [0, 0.1) is 5.92 Å². The molecule has 1 aliphatic rings. The Morgan fingerprint density at radius 1 is 1.50 bits per heavy atom. The molecule has 74 valence electrons. The van der Waals surface area contributed by atoms with Crippen LogP contribution in [0.1, 0.15) is 26.3 Å². The van der Waals surface area contributed by atoms with Crippen LogP contribution in [0.3, 0.4) is 0 Å². The van der Waals surface area contributed by atoms with Gasteiger partial charge in [0.25, 0.3) is 0 Å². The number of rotatable bonds is 2. The number of nitrogens with zero attached hydrogens (tertiary/aromatic N) is 2. The lowest BCUT2D eigenvalue weighted by atomic mass is 9.95. The normalized spacial score (nSPS) is 21.4. The van der Waals surface area contributed by atoms with Crippen molar-refractivity contribution in [2.45, 2.75) is 26.3 Å². The zero-order valence-corrected chi connectivity index (χ0v) is 8.72. The Kier molecular flexibility index (Phi) is 2.53. The van der Waals surface area contributed by atoms with E-state index < -0.39 is 0 Å². The Labute approximate surface area is 84.9 Å². The average molecular weight is 188 g/mol. The van der Waals surface area contributed by atoms with Crippen LogP contribution in [-0.2, 0) is 0 Å². The van der Waals surface area contributed by atoms with E-state index in [1.807, 2.05) is 23.1 Å². The van der Waals surface area contributed by atoms with E-state index >= 15 is 0 Å². The number of hydrogen-bond donors (Lipinski definition) is 0. The minimum atomic E-state index is 0.410. The summed E-state index contributed by atoms with van der Waals surface area (Å²) in [6.07, 6.45) is 11.7. The predicted octanol–water partition coefficient (Wildman–Crippen LogP) is 2.97. The molecule has 0 saturated carbocycles. The summed E-state index contributed by atoms with van der Waals surface area (Å²) in [7, 11) is 0. The van der Waals surface area contributed by atoms with Crippen LogP contribution in [0.5, 0.6) is 0 Å². The molecule has 2 rings (SSSR count). The second kappa shape index (κ2) is 3.82. The van der Waals surface area contributed by atoms with Crippen LogP contribution in [0.2, 0.25) is 0 Å². The maximum Gasteiger partial charge on any atom is 0.0739 e. The van der Waals surface area contributed by atoms with Gasteiger partial charge in [0.15, 0.2) is 0 Å². The molecule has 1 aromatic rings. The van der Waals surface area contributed by atoms with Gasteiger partial charge < -0.3 is 0 Å². The maximum absolute atomic E-state index is 4.27. The van der Waals surface area contributed by atoms with Gasteiger partial charge in [0.05, 0.1) is 6.04 Å². The summed E-state index contributed by atoms with van der Waals surface area (Å²) < 4.78 is 2.02. The van der Waals surface area contributed by atoms with Gasteiger partial charge >= 0.3 is 0 Å². The van der Waals surface area contributed by atoms with Crippen molar-refractivity contribution >= 4 is 0 Å². The predicted molar refractivity (Wildman–Crippen MR) is 57.9 cm³/mol. The Morgan fingerprint density at radius 3 is 3.00 bits per heavy atom. The molecule has 1 heterocycles. The molecule has 1 unspecified atom stereocenters. The van der Waals surface area contributed by atoms with E-state index in [4.69, 9.17) is 0 Å². The van der Waals surface area contributed by atoms with E-state index in [9.17, 15) is 0 Å². The molecule has 1 aromatic heterocycles. The van der Waals surface area contributed by atoms with Crippen molar-refractivity contribution in [2.24, 2.45) is 5.92 Å². The minimum absolute atomic E-state index is 0.410. The van der Waals surface area contributed by atoms with Gasteiger partial charge in [-0.25, -0.2) is 0 Å². The molecule has 1 aliphatic carbocycles. The molecule has 0 spiro atoms. The van der Waals surface area contributed by atoms with E-state index in [1.165, 1.54) is 5.57 Å². The maximum atomic E-state index is 4.27. The number of aromatic nitrogens is 2. The first-order chi connectivity index (χ1) is 6.77. The van der Waals surface area contributed by atoms with Crippen LogP contribution in [-0.4, -0.2) is 9.78 Å². The van der Waals surface area contributed by atoms with Crippen LogP contribution in [0.4, 0.5) is 0 Å². The largest absolute Gasteiger partial charge is 0.266 e. The molecule has 14 heavy (non-hydrogen) atoms.